The molecule has 1 amide bonds. The number of carbonyl (C=O) groups is 2. The summed E-state index contributed by atoms with van der Waals surface area (Å²) in [5.74, 6) is -0.877. The van der Waals surface area contributed by atoms with Crippen molar-refractivity contribution in [2.24, 2.45) is 0 Å². The maximum Gasteiger partial charge on any atom is 0.338 e. The van der Waals surface area contributed by atoms with E-state index in [4.69, 9.17) is 4.74 Å². The Hall–Kier alpha value is -2.82. The number of rotatable bonds is 6. The predicted octanol–water partition coefficient (Wildman–Crippen LogP) is 2.32. The van der Waals surface area contributed by atoms with Gasteiger partial charge in [-0.1, -0.05) is 6.08 Å². The molecule has 0 radical (unpaired) electrons. The zero-order valence-corrected chi connectivity index (χ0v) is 12.4. The van der Waals surface area contributed by atoms with Crippen molar-refractivity contribution in [3.05, 3.63) is 67.0 Å². The molecular formula is C17H18N2O3. The summed E-state index contributed by atoms with van der Waals surface area (Å²) >= 11 is 0. The van der Waals surface area contributed by atoms with Crippen LogP contribution in [0.25, 0.3) is 5.69 Å². The highest BCUT2D eigenvalue weighted by atomic mass is 16.5. The molecule has 1 atom stereocenters. The molecule has 5 nitrogen and oxygen atoms in total. The Labute approximate surface area is 129 Å². The first kappa shape index (κ1) is 15.6. The van der Waals surface area contributed by atoms with Crippen molar-refractivity contribution >= 4 is 11.9 Å². The Bertz CT molecular complexity index is 645. The van der Waals surface area contributed by atoms with Gasteiger partial charge in [-0.15, -0.1) is 6.58 Å². The Morgan fingerprint density at radius 1 is 1.27 bits per heavy atom. The molecule has 1 aromatic heterocycles. The fourth-order valence-electron chi connectivity index (χ4n) is 1.87. The average molecular weight is 298 g/mol. The molecule has 0 aliphatic rings. The lowest BCUT2D eigenvalue weighted by Crippen LogP contribution is -2.35. The lowest BCUT2D eigenvalue weighted by molar-refractivity contribution is -0.128. The smallest absolute Gasteiger partial charge is 0.338 e. The van der Waals surface area contributed by atoms with E-state index in [1.165, 1.54) is 6.92 Å². The molecule has 0 bridgehead atoms. The van der Waals surface area contributed by atoms with Gasteiger partial charge in [0.1, 0.15) is 0 Å². The molecular weight excluding hydrogens is 280 g/mol. The summed E-state index contributed by atoms with van der Waals surface area (Å²) < 4.78 is 7.06. The van der Waals surface area contributed by atoms with Gasteiger partial charge in [0.2, 0.25) is 0 Å². The molecule has 0 saturated carbocycles. The van der Waals surface area contributed by atoms with Crippen LogP contribution in [0.3, 0.4) is 0 Å². The first-order valence-corrected chi connectivity index (χ1v) is 6.95. The number of nitrogens with one attached hydrogen (secondary N) is 1. The van der Waals surface area contributed by atoms with Crippen LogP contribution in [0.4, 0.5) is 0 Å². The zero-order valence-electron chi connectivity index (χ0n) is 12.4. The Morgan fingerprint density at radius 3 is 2.50 bits per heavy atom. The summed E-state index contributed by atoms with van der Waals surface area (Å²) in [4.78, 5) is 23.6. The topological polar surface area (TPSA) is 60.3 Å². The lowest BCUT2D eigenvalue weighted by Gasteiger charge is -2.13. The summed E-state index contributed by atoms with van der Waals surface area (Å²) in [5, 5.41) is 2.58. The highest BCUT2D eigenvalue weighted by Crippen LogP contribution is 2.11. The first-order valence-electron chi connectivity index (χ1n) is 6.95. The second kappa shape index (κ2) is 7.26. The van der Waals surface area contributed by atoms with Crippen LogP contribution in [0.2, 0.25) is 0 Å². The predicted molar refractivity (Wildman–Crippen MR) is 83.9 cm³/mol. The van der Waals surface area contributed by atoms with Crippen molar-refractivity contribution in [1.82, 2.24) is 9.88 Å². The second-order valence-corrected chi connectivity index (χ2v) is 4.72. The van der Waals surface area contributed by atoms with Gasteiger partial charge in [0.05, 0.1) is 5.56 Å². The van der Waals surface area contributed by atoms with Crippen molar-refractivity contribution < 1.29 is 14.3 Å². The largest absolute Gasteiger partial charge is 0.449 e. The molecule has 2 aromatic rings. The van der Waals surface area contributed by atoms with E-state index in [0.29, 0.717) is 12.1 Å². The number of carbonyl (C=O) groups excluding carboxylic acids is 2. The van der Waals surface area contributed by atoms with E-state index >= 15 is 0 Å². The van der Waals surface area contributed by atoms with Crippen LogP contribution in [0.5, 0.6) is 0 Å². The van der Waals surface area contributed by atoms with Gasteiger partial charge in [0.15, 0.2) is 6.10 Å². The number of benzene rings is 1. The molecule has 0 spiro atoms. The third-order valence-corrected chi connectivity index (χ3v) is 3.08. The lowest BCUT2D eigenvalue weighted by atomic mass is 10.2. The molecule has 0 aliphatic heterocycles. The highest BCUT2D eigenvalue weighted by molar-refractivity contribution is 5.92. The third-order valence-electron chi connectivity index (χ3n) is 3.08. The van der Waals surface area contributed by atoms with Crippen LogP contribution < -0.4 is 5.32 Å². The summed E-state index contributed by atoms with van der Waals surface area (Å²) in [7, 11) is 0. The molecule has 1 unspecified atom stereocenters. The van der Waals surface area contributed by atoms with Gasteiger partial charge in [0, 0.05) is 24.6 Å². The third kappa shape index (κ3) is 3.85. The minimum absolute atomic E-state index is 0.340. The molecule has 1 heterocycles. The molecule has 114 valence electrons. The Morgan fingerprint density at radius 2 is 1.91 bits per heavy atom. The van der Waals surface area contributed by atoms with Gasteiger partial charge in [-0.3, -0.25) is 4.79 Å². The number of hydrogen-bond acceptors (Lipinski definition) is 3. The fourth-order valence-corrected chi connectivity index (χ4v) is 1.87. The monoisotopic (exact) mass is 298 g/mol. The van der Waals surface area contributed by atoms with Crippen molar-refractivity contribution in [2.75, 3.05) is 6.54 Å². The van der Waals surface area contributed by atoms with E-state index in [1.807, 2.05) is 41.2 Å². The standard InChI is InChI=1S/C17H18N2O3/c1-3-10-18-16(20)13(2)22-17(21)14-6-8-15(9-7-14)19-11-4-5-12-19/h3-9,11-13H,1,10H2,2H3,(H,18,20). The zero-order chi connectivity index (χ0) is 15.9. The molecule has 5 heteroatoms. The summed E-state index contributed by atoms with van der Waals surface area (Å²) in [6.07, 6.45) is 4.54. The average Bonchev–Trinajstić information content (AvgIpc) is 3.07. The van der Waals surface area contributed by atoms with E-state index in [9.17, 15) is 9.59 Å². The molecule has 0 fully saturated rings. The van der Waals surface area contributed by atoms with E-state index < -0.39 is 12.1 Å². The number of hydrogen-bond donors (Lipinski definition) is 1. The van der Waals surface area contributed by atoms with Crippen LogP contribution in [-0.4, -0.2) is 29.1 Å². The minimum atomic E-state index is -0.850. The van der Waals surface area contributed by atoms with Crippen LogP contribution >= 0.6 is 0 Å². The van der Waals surface area contributed by atoms with Gasteiger partial charge in [-0.25, -0.2) is 4.79 Å². The Kier molecular flexibility index (Phi) is 5.14. The molecule has 1 N–H and O–H groups in total. The maximum absolute atomic E-state index is 12.0. The molecule has 0 aliphatic carbocycles. The number of ether oxygens (including phenoxy) is 1. The second-order valence-electron chi connectivity index (χ2n) is 4.72. The molecule has 0 saturated heterocycles. The summed E-state index contributed by atoms with van der Waals surface area (Å²) in [6.45, 7) is 5.38. The van der Waals surface area contributed by atoms with Gasteiger partial charge < -0.3 is 14.6 Å². The SMILES string of the molecule is C=CCNC(=O)C(C)OC(=O)c1ccc(-n2cccc2)cc1. The minimum Gasteiger partial charge on any atom is -0.449 e. The van der Waals surface area contributed by atoms with Crippen LogP contribution in [0, 0.1) is 0 Å². The summed E-state index contributed by atoms with van der Waals surface area (Å²) in [6, 6.07) is 10.8. The fraction of sp³-hybridized carbons (Fsp3) is 0.176. The van der Waals surface area contributed by atoms with E-state index in [0.717, 1.165) is 5.69 Å². The van der Waals surface area contributed by atoms with Crippen LogP contribution in [0.1, 0.15) is 17.3 Å². The van der Waals surface area contributed by atoms with E-state index in [-0.39, 0.29) is 5.91 Å². The first-order chi connectivity index (χ1) is 10.6. The van der Waals surface area contributed by atoms with E-state index in [2.05, 4.69) is 11.9 Å². The normalized spacial score (nSPS) is 11.5. The summed E-state index contributed by atoms with van der Waals surface area (Å²) in [5.41, 5.74) is 1.35. The molecule has 22 heavy (non-hydrogen) atoms. The number of esters is 1. The van der Waals surface area contributed by atoms with Crippen molar-refractivity contribution in [3.8, 4) is 5.69 Å². The molecule has 2 rings (SSSR count). The van der Waals surface area contributed by atoms with Gasteiger partial charge in [-0.05, 0) is 43.3 Å². The number of aromatic nitrogens is 1. The highest BCUT2D eigenvalue weighted by Gasteiger charge is 2.18. The van der Waals surface area contributed by atoms with Crippen molar-refractivity contribution in [1.29, 1.82) is 0 Å². The van der Waals surface area contributed by atoms with E-state index in [1.54, 1.807) is 18.2 Å². The van der Waals surface area contributed by atoms with Crippen LogP contribution in [0.15, 0.2) is 61.4 Å². The Balaban J connectivity index is 1.98. The quantitative estimate of drug-likeness (QED) is 0.657. The molecule has 1 aromatic carbocycles. The van der Waals surface area contributed by atoms with Gasteiger partial charge >= 0.3 is 5.97 Å². The van der Waals surface area contributed by atoms with Crippen molar-refractivity contribution in [2.45, 2.75) is 13.0 Å². The van der Waals surface area contributed by atoms with Gasteiger partial charge in [0.25, 0.3) is 5.91 Å². The number of amides is 1. The van der Waals surface area contributed by atoms with Gasteiger partial charge in [-0.2, -0.15) is 0 Å². The maximum atomic E-state index is 12.0. The number of nitrogens with zero attached hydrogens (tertiary/aromatic N) is 1. The van der Waals surface area contributed by atoms with Crippen molar-refractivity contribution in [3.63, 3.8) is 0 Å². The van der Waals surface area contributed by atoms with Crippen LogP contribution in [-0.2, 0) is 9.53 Å².